The van der Waals surface area contributed by atoms with Crippen LogP contribution >= 0.6 is 11.8 Å². The van der Waals surface area contributed by atoms with Gasteiger partial charge in [0.15, 0.2) is 11.9 Å². The van der Waals surface area contributed by atoms with Crippen LogP contribution in [0.4, 0.5) is 4.79 Å². The second-order valence-electron chi connectivity index (χ2n) is 9.43. The van der Waals surface area contributed by atoms with E-state index in [0.717, 1.165) is 19.3 Å². The fourth-order valence-electron chi connectivity index (χ4n) is 5.93. The molecule has 5 fully saturated rings. The fraction of sp³-hybridized carbons (Fsp3) is 0.955. The lowest BCUT2D eigenvalue weighted by Crippen LogP contribution is -2.70. The molecule has 4 aliphatic heterocycles. The van der Waals surface area contributed by atoms with Crippen LogP contribution in [0.2, 0.25) is 0 Å². The number of fused-ring (bicyclic) bond motifs is 2. The molecular weight excluding hydrogens is 406 g/mol. The molecule has 1 saturated carbocycles. The molecule has 5 aliphatic rings. The van der Waals surface area contributed by atoms with E-state index in [4.69, 9.17) is 24.0 Å². The van der Waals surface area contributed by atoms with E-state index < -0.39 is 17.7 Å². The zero-order valence-electron chi connectivity index (χ0n) is 18.9. The van der Waals surface area contributed by atoms with Crippen LogP contribution in [0.1, 0.15) is 60.3 Å². The van der Waals surface area contributed by atoms with Crippen molar-refractivity contribution in [1.82, 2.24) is 4.90 Å². The molecule has 4 saturated heterocycles. The average molecular weight is 444 g/mol. The van der Waals surface area contributed by atoms with Gasteiger partial charge in [0.2, 0.25) is 5.79 Å². The summed E-state index contributed by atoms with van der Waals surface area (Å²) in [6.07, 6.45) is 3.50. The number of hydrogen-bond acceptors (Lipinski definition) is 7. The standard InChI is InChI=1S/C22H37NO6S/c1-6-23(7-2)20(24)25-12-13-30-18-15(4)17-9-8-14(3)16-10-11-21(5)27-19(26-18)22(16,17)29-28-21/h14-19H,6-13H2,1-5H3/t14-,15-,16+,17+,18+,19-,21?,22-/m1/s1. The highest BCUT2D eigenvalue weighted by Crippen LogP contribution is 2.61. The van der Waals surface area contributed by atoms with Crippen molar-refractivity contribution in [1.29, 1.82) is 0 Å². The Kier molecular flexibility index (Phi) is 6.62. The van der Waals surface area contributed by atoms with E-state index in [1.807, 2.05) is 20.8 Å². The molecule has 8 heteroatoms. The Morgan fingerprint density at radius 1 is 1.13 bits per heavy atom. The molecular formula is C22H37NO6S. The van der Waals surface area contributed by atoms with E-state index >= 15 is 0 Å². The maximum absolute atomic E-state index is 12.1. The van der Waals surface area contributed by atoms with Crippen LogP contribution in [-0.2, 0) is 24.0 Å². The van der Waals surface area contributed by atoms with Crippen LogP contribution in [0, 0.1) is 23.7 Å². The molecule has 1 spiro atoms. The Hall–Kier alpha value is -0.540. The lowest BCUT2D eigenvalue weighted by atomic mass is 9.58. The molecule has 0 aromatic heterocycles. The molecule has 0 aromatic carbocycles. The first-order chi connectivity index (χ1) is 14.3. The molecule has 0 aromatic rings. The van der Waals surface area contributed by atoms with Crippen molar-refractivity contribution in [2.75, 3.05) is 25.4 Å². The Morgan fingerprint density at radius 2 is 1.90 bits per heavy atom. The topological polar surface area (TPSA) is 66.5 Å². The zero-order chi connectivity index (χ0) is 21.5. The molecule has 172 valence electrons. The number of amides is 1. The summed E-state index contributed by atoms with van der Waals surface area (Å²) < 4.78 is 18.4. The highest BCUT2D eigenvalue weighted by molar-refractivity contribution is 7.99. The summed E-state index contributed by atoms with van der Waals surface area (Å²) in [5.41, 5.74) is -0.530. The lowest BCUT2D eigenvalue weighted by molar-refractivity contribution is -0.568. The van der Waals surface area contributed by atoms with Crippen molar-refractivity contribution in [2.45, 2.75) is 83.4 Å². The van der Waals surface area contributed by atoms with E-state index in [9.17, 15) is 4.79 Å². The van der Waals surface area contributed by atoms with Gasteiger partial charge in [0.05, 0.1) is 0 Å². The number of nitrogens with zero attached hydrogens (tertiary/aromatic N) is 1. The van der Waals surface area contributed by atoms with Gasteiger partial charge in [-0.05, 0) is 57.8 Å². The monoisotopic (exact) mass is 443 g/mol. The van der Waals surface area contributed by atoms with Crippen molar-refractivity contribution in [3.05, 3.63) is 0 Å². The molecule has 1 aliphatic carbocycles. The number of carbonyl (C=O) groups is 1. The molecule has 8 atom stereocenters. The third-order valence-corrected chi connectivity index (χ3v) is 8.98. The van der Waals surface area contributed by atoms with Gasteiger partial charge in [-0.3, -0.25) is 0 Å². The largest absolute Gasteiger partial charge is 0.449 e. The second kappa shape index (κ2) is 8.77. The summed E-state index contributed by atoms with van der Waals surface area (Å²) >= 11 is 1.71. The molecule has 0 N–H and O–H groups in total. The summed E-state index contributed by atoms with van der Waals surface area (Å²) in [6, 6.07) is 0. The summed E-state index contributed by atoms with van der Waals surface area (Å²) in [7, 11) is 0. The summed E-state index contributed by atoms with van der Waals surface area (Å²) in [6.45, 7) is 12.1. The number of hydrogen-bond donors (Lipinski definition) is 0. The second-order valence-corrected chi connectivity index (χ2v) is 10.6. The van der Waals surface area contributed by atoms with Gasteiger partial charge in [0.25, 0.3) is 0 Å². The van der Waals surface area contributed by atoms with Gasteiger partial charge >= 0.3 is 6.09 Å². The van der Waals surface area contributed by atoms with Gasteiger partial charge in [0, 0.05) is 31.2 Å². The summed E-state index contributed by atoms with van der Waals surface area (Å²) in [5, 5.41) is 0. The van der Waals surface area contributed by atoms with Crippen LogP contribution in [0.25, 0.3) is 0 Å². The highest BCUT2D eigenvalue weighted by Gasteiger charge is 2.69. The van der Waals surface area contributed by atoms with E-state index in [2.05, 4.69) is 13.8 Å². The number of thioether (sulfide) groups is 1. The van der Waals surface area contributed by atoms with Gasteiger partial charge in [0.1, 0.15) is 12.0 Å². The normalized spacial score (nSPS) is 44.8. The van der Waals surface area contributed by atoms with Crippen LogP contribution in [0.3, 0.4) is 0 Å². The molecule has 5 rings (SSSR count). The van der Waals surface area contributed by atoms with Crippen molar-refractivity contribution in [2.24, 2.45) is 23.7 Å². The van der Waals surface area contributed by atoms with Gasteiger partial charge in [-0.15, -0.1) is 11.8 Å². The molecule has 2 bridgehead atoms. The lowest BCUT2D eigenvalue weighted by Gasteiger charge is -2.60. The van der Waals surface area contributed by atoms with Gasteiger partial charge < -0.3 is 19.1 Å². The Morgan fingerprint density at radius 3 is 2.63 bits per heavy atom. The highest BCUT2D eigenvalue weighted by atomic mass is 32.2. The molecule has 1 unspecified atom stereocenters. The first-order valence-electron chi connectivity index (χ1n) is 11.6. The maximum atomic E-state index is 12.1. The fourth-order valence-corrected chi connectivity index (χ4v) is 7.01. The molecule has 4 heterocycles. The first-order valence-corrected chi connectivity index (χ1v) is 12.6. The third-order valence-electron chi connectivity index (χ3n) is 7.71. The Balaban J connectivity index is 1.42. The first kappa shape index (κ1) is 22.6. The Bertz CT molecular complexity index is 633. The summed E-state index contributed by atoms with van der Waals surface area (Å²) in [4.78, 5) is 25.8. The average Bonchev–Trinajstić information content (AvgIpc) is 2.95. The van der Waals surface area contributed by atoms with Crippen molar-refractivity contribution in [3.8, 4) is 0 Å². The SMILES string of the molecule is CCN(CC)C(=O)OCCS[C@@H]1O[C@@H]2OC3(C)CC[C@H]4[C@H](C)CC[C@@H]([C@H]1C)[C@@]24OO3. The van der Waals surface area contributed by atoms with Crippen LogP contribution in [0.5, 0.6) is 0 Å². The minimum Gasteiger partial charge on any atom is -0.449 e. The third kappa shape index (κ3) is 3.76. The number of carbonyl (C=O) groups excluding carboxylic acids is 1. The minimum absolute atomic E-state index is 0.0154. The van der Waals surface area contributed by atoms with E-state index in [1.54, 1.807) is 16.7 Å². The van der Waals surface area contributed by atoms with E-state index in [0.29, 0.717) is 49.1 Å². The van der Waals surface area contributed by atoms with E-state index in [-0.39, 0.29) is 11.5 Å². The van der Waals surface area contributed by atoms with Crippen molar-refractivity contribution < 1.29 is 28.8 Å². The van der Waals surface area contributed by atoms with Crippen molar-refractivity contribution >= 4 is 17.9 Å². The maximum Gasteiger partial charge on any atom is 0.409 e. The van der Waals surface area contributed by atoms with Crippen molar-refractivity contribution in [3.63, 3.8) is 0 Å². The van der Waals surface area contributed by atoms with Crippen LogP contribution in [-0.4, -0.2) is 59.6 Å². The Labute approximate surface area is 184 Å². The predicted octanol–water partition coefficient (Wildman–Crippen LogP) is 4.41. The van der Waals surface area contributed by atoms with E-state index in [1.165, 1.54) is 6.42 Å². The van der Waals surface area contributed by atoms with Gasteiger partial charge in [-0.1, -0.05) is 13.8 Å². The summed E-state index contributed by atoms with van der Waals surface area (Å²) in [5.74, 6) is 1.53. The number of rotatable bonds is 6. The van der Waals surface area contributed by atoms with Crippen LogP contribution < -0.4 is 0 Å². The molecule has 30 heavy (non-hydrogen) atoms. The van der Waals surface area contributed by atoms with Gasteiger partial charge in [-0.25, -0.2) is 14.6 Å². The molecule has 0 radical (unpaired) electrons. The predicted molar refractivity (Wildman–Crippen MR) is 114 cm³/mol. The van der Waals surface area contributed by atoms with Crippen LogP contribution in [0.15, 0.2) is 0 Å². The zero-order valence-corrected chi connectivity index (χ0v) is 19.7. The quantitative estimate of drug-likeness (QED) is 0.445. The molecule has 7 nitrogen and oxygen atoms in total. The smallest absolute Gasteiger partial charge is 0.409 e. The van der Waals surface area contributed by atoms with Gasteiger partial charge in [-0.2, -0.15) is 0 Å². The minimum atomic E-state index is -0.743. The molecule has 1 amide bonds. The number of ether oxygens (including phenoxy) is 3.